The molecule has 1 aromatic heterocycles. The van der Waals surface area contributed by atoms with Gasteiger partial charge in [-0.25, -0.2) is 4.68 Å². The van der Waals surface area contributed by atoms with Gasteiger partial charge in [-0.1, -0.05) is 6.07 Å². The van der Waals surface area contributed by atoms with Crippen molar-refractivity contribution in [3.05, 3.63) is 65.0 Å². The molecule has 0 saturated heterocycles. The van der Waals surface area contributed by atoms with Crippen LogP contribution < -0.4 is 10.1 Å². The summed E-state index contributed by atoms with van der Waals surface area (Å²) in [6, 6.07) is 9.50. The normalized spacial score (nSPS) is 16.0. The van der Waals surface area contributed by atoms with Gasteiger partial charge >= 0.3 is 0 Å². The highest BCUT2D eigenvalue weighted by molar-refractivity contribution is 5.96. The number of nitrogens with zero attached hydrogens (tertiary/aromatic N) is 2. The van der Waals surface area contributed by atoms with Crippen LogP contribution >= 0.6 is 0 Å². The largest absolute Gasteiger partial charge is 0.504 e. The number of aromatic nitrogens is 2. The van der Waals surface area contributed by atoms with E-state index in [2.05, 4.69) is 36.4 Å². The summed E-state index contributed by atoms with van der Waals surface area (Å²) in [6.45, 7) is 4.15. The summed E-state index contributed by atoms with van der Waals surface area (Å²) in [6.07, 6.45) is 4.03. The molecule has 0 bridgehead atoms. The first-order chi connectivity index (χ1) is 13.0. The number of amides is 1. The van der Waals surface area contributed by atoms with Gasteiger partial charge in [0.05, 0.1) is 19.0 Å². The Labute approximate surface area is 157 Å². The number of hydrogen-bond donors (Lipinski definition) is 2. The number of ether oxygens (including phenoxy) is 1. The molecule has 1 aliphatic rings. The van der Waals surface area contributed by atoms with Crippen LogP contribution in [0.15, 0.2) is 42.7 Å². The number of carbonyl (C=O) groups is 1. The molecule has 3 aromatic rings. The van der Waals surface area contributed by atoms with Crippen LogP contribution in [-0.2, 0) is 4.79 Å². The van der Waals surface area contributed by atoms with Crippen molar-refractivity contribution >= 4 is 11.6 Å². The van der Waals surface area contributed by atoms with E-state index in [0.717, 1.165) is 16.8 Å². The molecule has 0 fully saturated rings. The van der Waals surface area contributed by atoms with Gasteiger partial charge < -0.3 is 15.2 Å². The number of anilines is 1. The summed E-state index contributed by atoms with van der Waals surface area (Å²) in [5, 5.41) is 17.5. The zero-order valence-corrected chi connectivity index (χ0v) is 15.5. The molecule has 1 amide bonds. The minimum absolute atomic E-state index is 0.0546. The number of phenols is 1. The minimum Gasteiger partial charge on any atom is -0.504 e. The average molecular weight is 363 g/mol. The van der Waals surface area contributed by atoms with Crippen molar-refractivity contribution in [2.24, 2.45) is 0 Å². The zero-order valence-electron chi connectivity index (χ0n) is 15.5. The third kappa shape index (κ3) is 3.03. The molecule has 2 N–H and O–H groups in total. The van der Waals surface area contributed by atoms with Crippen LogP contribution in [0.3, 0.4) is 0 Å². The van der Waals surface area contributed by atoms with Gasteiger partial charge in [-0.2, -0.15) is 5.10 Å². The Morgan fingerprint density at radius 3 is 2.78 bits per heavy atom. The number of nitrogens with one attached hydrogen (secondary N) is 1. The summed E-state index contributed by atoms with van der Waals surface area (Å²) in [7, 11) is 1.48. The molecule has 4 rings (SSSR count). The Morgan fingerprint density at radius 1 is 1.22 bits per heavy atom. The van der Waals surface area contributed by atoms with Gasteiger partial charge in [-0.05, 0) is 54.3 Å². The lowest BCUT2D eigenvalue weighted by Crippen LogP contribution is -2.23. The fourth-order valence-electron chi connectivity index (χ4n) is 3.46. The van der Waals surface area contributed by atoms with Crippen molar-refractivity contribution < 1.29 is 14.6 Å². The van der Waals surface area contributed by atoms with E-state index < -0.39 is 0 Å². The molecule has 1 aliphatic heterocycles. The summed E-state index contributed by atoms with van der Waals surface area (Å²) < 4.78 is 6.97. The fraction of sp³-hybridized carbons (Fsp3) is 0.238. The molecule has 0 saturated carbocycles. The van der Waals surface area contributed by atoms with Crippen LogP contribution in [0.2, 0.25) is 0 Å². The van der Waals surface area contributed by atoms with Gasteiger partial charge in [-0.3, -0.25) is 4.79 Å². The first-order valence-electron chi connectivity index (χ1n) is 8.79. The lowest BCUT2D eigenvalue weighted by molar-refractivity contribution is -0.116. The summed E-state index contributed by atoms with van der Waals surface area (Å²) in [4.78, 5) is 12.2. The predicted octanol–water partition coefficient (Wildman–Crippen LogP) is 3.68. The molecule has 1 atom stereocenters. The molecule has 0 aliphatic carbocycles. The van der Waals surface area contributed by atoms with Crippen molar-refractivity contribution in [2.75, 3.05) is 12.4 Å². The van der Waals surface area contributed by atoms with Crippen molar-refractivity contribution in [1.29, 1.82) is 0 Å². The Bertz CT molecular complexity index is 1040. The Kier molecular flexibility index (Phi) is 4.11. The zero-order chi connectivity index (χ0) is 19.1. The number of aromatic hydroxyl groups is 1. The van der Waals surface area contributed by atoms with E-state index in [-0.39, 0.29) is 17.6 Å². The maximum Gasteiger partial charge on any atom is 0.225 e. The number of fused-ring (bicyclic) bond motifs is 1. The molecular formula is C21H21N3O3. The highest BCUT2D eigenvalue weighted by atomic mass is 16.5. The maximum absolute atomic E-state index is 12.2. The quantitative estimate of drug-likeness (QED) is 0.696. The standard InChI is InChI=1S/C21H21N3O3/c1-12-4-5-15(6-13(12)2)24-11-14(10-22-24)16-8-21(26)23-18-9-20(27-3)19(25)7-17(16)18/h4-7,9-11,16,25H,8H2,1-3H3,(H,23,26)/t16-/m1/s1. The fourth-order valence-corrected chi connectivity index (χ4v) is 3.46. The lowest BCUT2D eigenvalue weighted by atomic mass is 9.86. The highest BCUT2D eigenvalue weighted by Crippen LogP contribution is 2.42. The SMILES string of the molecule is COc1cc2c(cc1O)[C@@H](c1cnn(-c3ccc(C)c(C)c3)c1)CC(=O)N2. The molecule has 138 valence electrons. The molecule has 6 nitrogen and oxygen atoms in total. The van der Waals surface area contributed by atoms with E-state index in [9.17, 15) is 9.90 Å². The summed E-state index contributed by atoms with van der Waals surface area (Å²) >= 11 is 0. The van der Waals surface area contributed by atoms with E-state index >= 15 is 0 Å². The van der Waals surface area contributed by atoms with Gasteiger partial charge in [0.15, 0.2) is 11.5 Å². The third-order valence-corrected chi connectivity index (χ3v) is 5.15. The number of rotatable bonds is 3. The molecule has 0 radical (unpaired) electrons. The average Bonchev–Trinajstić information content (AvgIpc) is 3.13. The van der Waals surface area contributed by atoms with Gasteiger partial charge in [0.1, 0.15) is 0 Å². The molecule has 0 unspecified atom stereocenters. The second-order valence-electron chi connectivity index (χ2n) is 6.90. The van der Waals surface area contributed by atoms with Crippen LogP contribution in [0, 0.1) is 13.8 Å². The van der Waals surface area contributed by atoms with Gasteiger partial charge in [0, 0.05) is 30.3 Å². The van der Waals surface area contributed by atoms with E-state index in [0.29, 0.717) is 17.9 Å². The molecule has 2 heterocycles. The maximum atomic E-state index is 12.2. The van der Waals surface area contributed by atoms with Crippen LogP contribution in [0.4, 0.5) is 5.69 Å². The summed E-state index contributed by atoms with van der Waals surface area (Å²) in [5.41, 5.74) is 5.84. The number of methoxy groups -OCH3 is 1. The van der Waals surface area contributed by atoms with Crippen molar-refractivity contribution in [1.82, 2.24) is 9.78 Å². The topological polar surface area (TPSA) is 76.4 Å². The van der Waals surface area contributed by atoms with E-state index in [1.165, 1.54) is 18.2 Å². The number of aryl methyl sites for hydroxylation is 2. The Morgan fingerprint density at radius 2 is 2.04 bits per heavy atom. The third-order valence-electron chi connectivity index (χ3n) is 5.15. The van der Waals surface area contributed by atoms with Crippen LogP contribution in [0.5, 0.6) is 11.5 Å². The van der Waals surface area contributed by atoms with E-state index in [1.807, 2.05) is 16.9 Å². The van der Waals surface area contributed by atoms with Gasteiger partial charge in [0.25, 0.3) is 0 Å². The van der Waals surface area contributed by atoms with Crippen molar-refractivity contribution in [2.45, 2.75) is 26.2 Å². The Hall–Kier alpha value is -3.28. The first kappa shape index (κ1) is 17.1. The highest BCUT2D eigenvalue weighted by Gasteiger charge is 2.29. The van der Waals surface area contributed by atoms with Gasteiger partial charge in [-0.15, -0.1) is 0 Å². The minimum atomic E-state index is -0.175. The number of benzene rings is 2. The van der Waals surface area contributed by atoms with Crippen molar-refractivity contribution in [3.8, 4) is 17.2 Å². The van der Waals surface area contributed by atoms with E-state index in [1.54, 1.807) is 18.3 Å². The van der Waals surface area contributed by atoms with E-state index in [4.69, 9.17) is 4.74 Å². The second-order valence-corrected chi connectivity index (χ2v) is 6.90. The van der Waals surface area contributed by atoms with Crippen LogP contribution in [0.25, 0.3) is 5.69 Å². The predicted molar refractivity (Wildman–Crippen MR) is 103 cm³/mol. The molecule has 27 heavy (non-hydrogen) atoms. The monoisotopic (exact) mass is 363 g/mol. The van der Waals surface area contributed by atoms with Crippen LogP contribution in [-0.4, -0.2) is 27.9 Å². The van der Waals surface area contributed by atoms with Gasteiger partial charge in [0.2, 0.25) is 5.91 Å². The molecule has 6 heteroatoms. The Balaban J connectivity index is 1.74. The van der Waals surface area contributed by atoms with Crippen LogP contribution in [0.1, 0.15) is 34.6 Å². The smallest absolute Gasteiger partial charge is 0.225 e. The summed E-state index contributed by atoms with van der Waals surface area (Å²) in [5.74, 6) is 0.143. The number of carbonyl (C=O) groups excluding carboxylic acids is 1. The number of hydrogen-bond acceptors (Lipinski definition) is 4. The second kappa shape index (κ2) is 6.46. The molecule has 0 spiro atoms. The first-order valence-corrected chi connectivity index (χ1v) is 8.79. The molecular weight excluding hydrogens is 342 g/mol. The van der Waals surface area contributed by atoms with Crippen molar-refractivity contribution in [3.63, 3.8) is 0 Å². The number of phenolic OH excluding ortho intramolecular Hbond substituents is 1. The molecule has 2 aromatic carbocycles. The lowest BCUT2D eigenvalue weighted by Gasteiger charge is -2.25.